The topological polar surface area (TPSA) is 92.6 Å². The van der Waals surface area contributed by atoms with E-state index in [0.717, 1.165) is 29.2 Å². The van der Waals surface area contributed by atoms with Crippen molar-refractivity contribution >= 4 is 18.4 Å². The van der Waals surface area contributed by atoms with Gasteiger partial charge in [0.2, 0.25) is 0 Å². The first kappa shape index (κ1) is 18.8. The van der Waals surface area contributed by atoms with Gasteiger partial charge in [-0.25, -0.2) is 19.9 Å². The van der Waals surface area contributed by atoms with E-state index in [1.165, 1.54) is 25.0 Å². The molecule has 3 rings (SSSR count). The third kappa shape index (κ3) is 4.40. The number of hydrazine groups is 1. The van der Waals surface area contributed by atoms with Gasteiger partial charge < -0.3 is 10.7 Å². The SMILES string of the molecule is C=N/C(=C\C(=NC)NN)Nc1c(C)c(-c2ccc(F)cc2)nn1CC1CC1. The lowest BCUT2D eigenvalue weighted by Gasteiger charge is -2.11. The third-order valence-corrected chi connectivity index (χ3v) is 4.51. The summed E-state index contributed by atoms with van der Waals surface area (Å²) < 4.78 is 15.2. The molecule has 1 saturated carbocycles. The Morgan fingerprint density at radius 1 is 1.41 bits per heavy atom. The van der Waals surface area contributed by atoms with E-state index in [-0.39, 0.29) is 5.82 Å². The van der Waals surface area contributed by atoms with E-state index in [4.69, 9.17) is 10.9 Å². The van der Waals surface area contributed by atoms with Crippen molar-refractivity contribution in [3.8, 4) is 11.3 Å². The predicted molar refractivity (Wildman–Crippen MR) is 107 cm³/mol. The zero-order chi connectivity index (χ0) is 19.4. The Morgan fingerprint density at radius 3 is 2.67 bits per heavy atom. The molecule has 27 heavy (non-hydrogen) atoms. The number of benzene rings is 1. The molecule has 0 unspecified atom stereocenters. The molecule has 0 atom stereocenters. The van der Waals surface area contributed by atoms with Crippen molar-refractivity contribution in [3.05, 3.63) is 47.5 Å². The van der Waals surface area contributed by atoms with Gasteiger partial charge in [-0.2, -0.15) is 5.10 Å². The van der Waals surface area contributed by atoms with Crippen LogP contribution in [-0.2, 0) is 6.54 Å². The number of nitrogens with zero attached hydrogens (tertiary/aromatic N) is 4. The molecule has 8 heteroatoms. The Labute approximate surface area is 157 Å². The lowest BCUT2D eigenvalue weighted by Crippen LogP contribution is -2.29. The van der Waals surface area contributed by atoms with Gasteiger partial charge in [0, 0.05) is 30.8 Å². The van der Waals surface area contributed by atoms with E-state index >= 15 is 0 Å². The highest BCUT2D eigenvalue weighted by atomic mass is 19.1. The number of nitrogens with one attached hydrogen (secondary N) is 2. The molecule has 1 aromatic carbocycles. The lowest BCUT2D eigenvalue weighted by atomic mass is 10.1. The summed E-state index contributed by atoms with van der Waals surface area (Å²) in [5, 5.41) is 8.05. The van der Waals surface area contributed by atoms with Crippen molar-refractivity contribution in [2.45, 2.75) is 26.3 Å². The van der Waals surface area contributed by atoms with E-state index < -0.39 is 0 Å². The number of amidine groups is 1. The van der Waals surface area contributed by atoms with E-state index in [1.807, 2.05) is 11.6 Å². The van der Waals surface area contributed by atoms with Crippen LogP contribution in [0, 0.1) is 18.7 Å². The van der Waals surface area contributed by atoms with Crippen LogP contribution in [0.5, 0.6) is 0 Å². The average Bonchev–Trinajstić information content (AvgIpc) is 3.45. The lowest BCUT2D eigenvalue weighted by molar-refractivity contribution is 0.570. The summed E-state index contributed by atoms with van der Waals surface area (Å²) >= 11 is 0. The smallest absolute Gasteiger partial charge is 0.138 e. The van der Waals surface area contributed by atoms with Gasteiger partial charge in [-0.1, -0.05) is 0 Å². The minimum atomic E-state index is -0.270. The number of nitrogens with two attached hydrogens (primary N) is 1. The standard InChI is InChI=1S/C19H24FN7/c1-12-18(14-6-8-15(20)9-7-14)26-27(11-13-4-5-13)19(12)24-16(22-2)10-17(23-3)25-21/h6-10,13,24H,2,4-5,11,21H2,1,3H3,(H,23,25)/b16-10+. The maximum Gasteiger partial charge on any atom is 0.138 e. The third-order valence-electron chi connectivity index (χ3n) is 4.51. The second kappa shape index (κ2) is 8.13. The largest absolute Gasteiger partial charge is 0.325 e. The second-order valence-electron chi connectivity index (χ2n) is 6.52. The molecule has 7 nitrogen and oxygen atoms in total. The highest BCUT2D eigenvalue weighted by Gasteiger charge is 2.25. The average molecular weight is 369 g/mol. The zero-order valence-corrected chi connectivity index (χ0v) is 15.5. The van der Waals surface area contributed by atoms with Crippen LogP contribution in [0.3, 0.4) is 0 Å². The van der Waals surface area contributed by atoms with Crippen LogP contribution in [0.15, 0.2) is 46.1 Å². The normalized spacial score (nSPS) is 15.0. The van der Waals surface area contributed by atoms with Gasteiger partial charge in [0.05, 0.1) is 5.69 Å². The van der Waals surface area contributed by atoms with E-state index in [2.05, 4.69) is 27.4 Å². The fourth-order valence-corrected chi connectivity index (χ4v) is 2.81. The first-order chi connectivity index (χ1) is 13.0. The van der Waals surface area contributed by atoms with Crippen molar-refractivity contribution in [1.82, 2.24) is 15.2 Å². The van der Waals surface area contributed by atoms with Gasteiger partial charge in [0.25, 0.3) is 0 Å². The summed E-state index contributed by atoms with van der Waals surface area (Å²) in [6, 6.07) is 6.35. The molecule has 1 aromatic heterocycles. The summed E-state index contributed by atoms with van der Waals surface area (Å²) in [5.41, 5.74) is 5.12. The molecule has 4 N–H and O–H groups in total. The molecule has 142 valence electrons. The van der Waals surface area contributed by atoms with Crippen LogP contribution >= 0.6 is 0 Å². The molecule has 1 aliphatic rings. The Balaban J connectivity index is 1.99. The first-order valence-corrected chi connectivity index (χ1v) is 8.78. The number of anilines is 1. The summed E-state index contributed by atoms with van der Waals surface area (Å²) in [4.78, 5) is 8.04. The van der Waals surface area contributed by atoms with Crippen molar-refractivity contribution < 1.29 is 4.39 Å². The molecule has 1 fully saturated rings. The molecule has 1 heterocycles. The zero-order valence-electron chi connectivity index (χ0n) is 15.5. The van der Waals surface area contributed by atoms with Crippen LogP contribution in [0.2, 0.25) is 0 Å². The van der Waals surface area contributed by atoms with Gasteiger partial charge in [-0.3, -0.25) is 4.99 Å². The maximum absolute atomic E-state index is 13.3. The summed E-state index contributed by atoms with van der Waals surface area (Å²) in [6.07, 6.45) is 4.07. The van der Waals surface area contributed by atoms with Crippen molar-refractivity contribution in [2.75, 3.05) is 12.4 Å². The maximum atomic E-state index is 13.3. The molecule has 0 saturated heterocycles. The highest BCUT2D eigenvalue weighted by molar-refractivity contribution is 5.93. The Bertz CT molecular complexity index is 876. The van der Waals surface area contributed by atoms with E-state index in [0.29, 0.717) is 17.6 Å². The van der Waals surface area contributed by atoms with Crippen LogP contribution in [0.4, 0.5) is 10.2 Å². The van der Waals surface area contributed by atoms with Crippen molar-refractivity contribution in [2.24, 2.45) is 21.7 Å². The molecule has 2 aromatic rings. The number of aromatic nitrogens is 2. The Hall–Kier alpha value is -3.00. The summed E-state index contributed by atoms with van der Waals surface area (Å²) in [5.74, 6) is 7.60. The Kier molecular flexibility index (Phi) is 5.66. The van der Waals surface area contributed by atoms with Crippen LogP contribution in [-0.4, -0.2) is 29.4 Å². The molecular formula is C19H24FN7. The van der Waals surface area contributed by atoms with Crippen LogP contribution in [0.1, 0.15) is 18.4 Å². The quantitative estimate of drug-likeness (QED) is 0.303. The first-order valence-electron chi connectivity index (χ1n) is 8.78. The fourth-order valence-electron chi connectivity index (χ4n) is 2.81. The van der Waals surface area contributed by atoms with Gasteiger partial charge >= 0.3 is 0 Å². The van der Waals surface area contributed by atoms with Crippen molar-refractivity contribution in [1.29, 1.82) is 0 Å². The number of hydrogen-bond acceptors (Lipinski definition) is 5. The van der Waals surface area contributed by atoms with Gasteiger partial charge in [-0.05, 0) is 56.7 Å². The summed E-state index contributed by atoms with van der Waals surface area (Å²) in [7, 11) is 1.63. The number of hydrogen-bond donors (Lipinski definition) is 3. The molecular weight excluding hydrogens is 345 g/mol. The molecule has 0 spiro atoms. The van der Waals surface area contributed by atoms with Gasteiger partial charge in [0.15, 0.2) is 0 Å². The minimum Gasteiger partial charge on any atom is -0.325 e. The molecule has 0 radical (unpaired) electrons. The minimum absolute atomic E-state index is 0.270. The highest BCUT2D eigenvalue weighted by Crippen LogP contribution is 2.35. The molecule has 0 amide bonds. The van der Waals surface area contributed by atoms with Crippen LogP contribution < -0.4 is 16.6 Å². The predicted octanol–water partition coefficient (Wildman–Crippen LogP) is 2.85. The van der Waals surface area contributed by atoms with Gasteiger partial charge in [0.1, 0.15) is 23.3 Å². The fraction of sp³-hybridized carbons (Fsp3) is 0.316. The molecule has 1 aliphatic carbocycles. The number of halogens is 1. The molecule has 0 bridgehead atoms. The van der Waals surface area contributed by atoms with E-state index in [9.17, 15) is 4.39 Å². The number of rotatable bonds is 7. The molecule has 0 aliphatic heterocycles. The van der Waals surface area contributed by atoms with Crippen LogP contribution in [0.25, 0.3) is 11.3 Å². The summed E-state index contributed by atoms with van der Waals surface area (Å²) in [6.45, 7) is 6.41. The van der Waals surface area contributed by atoms with Gasteiger partial charge in [-0.15, -0.1) is 0 Å². The van der Waals surface area contributed by atoms with E-state index in [1.54, 1.807) is 25.3 Å². The Morgan fingerprint density at radius 2 is 2.11 bits per heavy atom. The second-order valence-corrected chi connectivity index (χ2v) is 6.52. The monoisotopic (exact) mass is 369 g/mol. The van der Waals surface area contributed by atoms with Crippen molar-refractivity contribution in [3.63, 3.8) is 0 Å². The number of aliphatic imine (C=N–C) groups is 2.